The Morgan fingerprint density at radius 1 is 1.17 bits per heavy atom. The number of rotatable bonds is 7. The number of aromatic hydroxyl groups is 1. The summed E-state index contributed by atoms with van der Waals surface area (Å²) in [6.07, 6.45) is 0.857. The molecule has 0 aromatic heterocycles. The van der Waals surface area contributed by atoms with Gasteiger partial charge in [-0.05, 0) is 23.6 Å². The fourth-order valence-corrected chi connectivity index (χ4v) is 2.39. The van der Waals surface area contributed by atoms with E-state index in [1.54, 1.807) is 12.1 Å². The van der Waals surface area contributed by atoms with Gasteiger partial charge in [-0.2, -0.15) is 0 Å². The van der Waals surface area contributed by atoms with Gasteiger partial charge in [-0.25, -0.2) is 0 Å². The van der Waals surface area contributed by atoms with Gasteiger partial charge in [0.2, 0.25) is 5.91 Å². The largest absolute Gasteiger partial charge is 0.504 e. The highest BCUT2D eigenvalue weighted by atomic mass is 16.5. The molecule has 0 aliphatic carbocycles. The quantitative estimate of drug-likeness (QED) is 0.728. The second kappa shape index (κ2) is 8.19. The van der Waals surface area contributed by atoms with Gasteiger partial charge in [-0.15, -0.1) is 0 Å². The van der Waals surface area contributed by atoms with Crippen molar-refractivity contribution in [2.75, 3.05) is 13.7 Å². The third-order valence-electron chi connectivity index (χ3n) is 3.65. The van der Waals surface area contributed by atoms with Crippen LogP contribution in [0.4, 0.5) is 0 Å². The highest BCUT2D eigenvalue weighted by molar-refractivity contribution is 5.79. The van der Waals surface area contributed by atoms with Gasteiger partial charge in [0.25, 0.3) is 0 Å². The SMILES string of the molecule is COc1ccc(CC(=O)NCCc2ccccc2)c(CO)c1O. The zero-order chi connectivity index (χ0) is 16.7. The van der Waals surface area contributed by atoms with E-state index in [0.717, 1.165) is 12.0 Å². The van der Waals surface area contributed by atoms with E-state index < -0.39 is 0 Å². The number of benzene rings is 2. The normalized spacial score (nSPS) is 10.3. The lowest BCUT2D eigenvalue weighted by molar-refractivity contribution is -0.120. The maximum Gasteiger partial charge on any atom is 0.224 e. The molecule has 0 unspecified atom stereocenters. The highest BCUT2D eigenvalue weighted by Crippen LogP contribution is 2.32. The molecular formula is C18H21NO4. The van der Waals surface area contributed by atoms with E-state index in [1.807, 2.05) is 30.3 Å². The van der Waals surface area contributed by atoms with E-state index in [9.17, 15) is 15.0 Å². The number of methoxy groups -OCH3 is 1. The fraction of sp³-hybridized carbons (Fsp3) is 0.278. The summed E-state index contributed by atoms with van der Waals surface area (Å²) < 4.78 is 5.00. The minimum Gasteiger partial charge on any atom is -0.504 e. The molecule has 0 aliphatic rings. The minimum atomic E-state index is -0.352. The Morgan fingerprint density at radius 2 is 1.91 bits per heavy atom. The van der Waals surface area contributed by atoms with Crippen LogP contribution >= 0.6 is 0 Å². The number of carbonyl (C=O) groups is 1. The molecule has 5 heteroatoms. The molecule has 0 saturated heterocycles. The monoisotopic (exact) mass is 315 g/mol. The van der Waals surface area contributed by atoms with Crippen molar-refractivity contribution in [3.05, 3.63) is 59.2 Å². The fourth-order valence-electron chi connectivity index (χ4n) is 2.39. The number of phenols is 1. The summed E-state index contributed by atoms with van der Waals surface area (Å²) in [4.78, 5) is 12.0. The Bertz CT molecular complexity index is 656. The number of aliphatic hydroxyl groups is 1. The second-order valence-electron chi connectivity index (χ2n) is 5.17. The van der Waals surface area contributed by atoms with Crippen molar-refractivity contribution >= 4 is 5.91 Å². The maximum absolute atomic E-state index is 12.0. The van der Waals surface area contributed by atoms with Gasteiger partial charge in [0, 0.05) is 12.1 Å². The standard InChI is InChI=1S/C18H21NO4/c1-23-16-8-7-14(15(12-20)18(16)22)11-17(21)19-10-9-13-5-3-2-4-6-13/h2-8,20,22H,9-12H2,1H3,(H,19,21). The topological polar surface area (TPSA) is 78.8 Å². The van der Waals surface area contributed by atoms with Crippen LogP contribution in [0.2, 0.25) is 0 Å². The average Bonchev–Trinajstić information content (AvgIpc) is 2.56. The molecule has 23 heavy (non-hydrogen) atoms. The van der Waals surface area contributed by atoms with E-state index in [4.69, 9.17) is 4.74 Å². The molecule has 122 valence electrons. The first-order chi connectivity index (χ1) is 11.2. The first-order valence-corrected chi connectivity index (χ1v) is 7.45. The summed E-state index contributed by atoms with van der Waals surface area (Å²) in [5, 5.41) is 22.2. The summed E-state index contributed by atoms with van der Waals surface area (Å²) in [5.41, 5.74) is 2.07. The van der Waals surface area contributed by atoms with Crippen molar-refractivity contribution in [3.8, 4) is 11.5 Å². The van der Waals surface area contributed by atoms with Gasteiger partial charge < -0.3 is 20.3 Å². The molecule has 0 saturated carbocycles. The van der Waals surface area contributed by atoms with Crippen LogP contribution in [0.3, 0.4) is 0 Å². The third-order valence-corrected chi connectivity index (χ3v) is 3.65. The first kappa shape index (κ1) is 16.8. The van der Waals surface area contributed by atoms with Crippen molar-refractivity contribution < 1.29 is 19.7 Å². The van der Waals surface area contributed by atoms with Crippen LogP contribution in [0.25, 0.3) is 0 Å². The van der Waals surface area contributed by atoms with Gasteiger partial charge in [0.1, 0.15) is 0 Å². The number of nitrogens with one attached hydrogen (secondary N) is 1. The number of aliphatic hydroxyl groups excluding tert-OH is 1. The van der Waals surface area contributed by atoms with Gasteiger partial charge in [0.15, 0.2) is 11.5 Å². The Balaban J connectivity index is 1.93. The number of ether oxygens (including phenoxy) is 1. The average molecular weight is 315 g/mol. The molecule has 2 aromatic carbocycles. The Hall–Kier alpha value is -2.53. The molecular weight excluding hydrogens is 294 g/mol. The molecule has 0 atom stereocenters. The minimum absolute atomic E-state index is 0.0994. The molecule has 0 aliphatic heterocycles. The Kier molecular flexibility index (Phi) is 6.00. The van der Waals surface area contributed by atoms with Crippen LogP contribution < -0.4 is 10.1 Å². The predicted molar refractivity (Wildman–Crippen MR) is 87.4 cm³/mol. The summed E-state index contributed by atoms with van der Waals surface area (Å²) in [6, 6.07) is 13.2. The van der Waals surface area contributed by atoms with Gasteiger partial charge >= 0.3 is 0 Å². The zero-order valence-corrected chi connectivity index (χ0v) is 13.1. The molecule has 0 bridgehead atoms. The second-order valence-corrected chi connectivity index (χ2v) is 5.17. The zero-order valence-electron chi connectivity index (χ0n) is 13.1. The van der Waals surface area contributed by atoms with Crippen molar-refractivity contribution in [2.45, 2.75) is 19.4 Å². The van der Waals surface area contributed by atoms with E-state index in [0.29, 0.717) is 17.7 Å². The van der Waals surface area contributed by atoms with Gasteiger partial charge in [-0.3, -0.25) is 4.79 Å². The van der Waals surface area contributed by atoms with E-state index in [-0.39, 0.29) is 30.4 Å². The van der Waals surface area contributed by atoms with Crippen molar-refractivity contribution in [1.82, 2.24) is 5.32 Å². The van der Waals surface area contributed by atoms with Crippen molar-refractivity contribution in [2.24, 2.45) is 0 Å². The molecule has 3 N–H and O–H groups in total. The summed E-state index contributed by atoms with van der Waals surface area (Å²) in [7, 11) is 1.44. The smallest absolute Gasteiger partial charge is 0.224 e. The highest BCUT2D eigenvalue weighted by Gasteiger charge is 2.14. The molecule has 5 nitrogen and oxygen atoms in total. The third kappa shape index (κ3) is 4.47. The van der Waals surface area contributed by atoms with E-state index in [1.165, 1.54) is 7.11 Å². The van der Waals surface area contributed by atoms with Gasteiger partial charge in [0.05, 0.1) is 20.1 Å². The molecule has 0 radical (unpaired) electrons. The predicted octanol–water partition coefficient (Wildman–Crippen LogP) is 1.79. The Labute approximate surface area is 135 Å². The molecule has 0 heterocycles. The molecule has 2 aromatic rings. The van der Waals surface area contributed by atoms with E-state index >= 15 is 0 Å². The van der Waals surface area contributed by atoms with Crippen molar-refractivity contribution in [3.63, 3.8) is 0 Å². The lowest BCUT2D eigenvalue weighted by Gasteiger charge is -2.12. The molecule has 1 amide bonds. The number of hydrogen-bond acceptors (Lipinski definition) is 4. The summed E-state index contributed by atoms with van der Waals surface area (Å²) >= 11 is 0. The van der Waals surface area contributed by atoms with Crippen molar-refractivity contribution in [1.29, 1.82) is 0 Å². The number of hydrogen-bond donors (Lipinski definition) is 3. The summed E-state index contributed by atoms with van der Waals surface area (Å²) in [6.45, 7) is 0.190. The lowest BCUT2D eigenvalue weighted by atomic mass is 10.0. The van der Waals surface area contributed by atoms with Gasteiger partial charge in [-0.1, -0.05) is 36.4 Å². The number of carbonyl (C=O) groups excluding carboxylic acids is 1. The van der Waals surface area contributed by atoms with Crippen LogP contribution in [0, 0.1) is 0 Å². The maximum atomic E-state index is 12.0. The number of amides is 1. The van der Waals surface area contributed by atoms with Crippen LogP contribution in [0.15, 0.2) is 42.5 Å². The van der Waals surface area contributed by atoms with Crippen LogP contribution in [-0.2, 0) is 24.2 Å². The Morgan fingerprint density at radius 3 is 2.57 bits per heavy atom. The van der Waals surface area contributed by atoms with E-state index in [2.05, 4.69) is 5.32 Å². The summed E-state index contributed by atoms with van der Waals surface area (Å²) in [5.74, 6) is 0.00655. The van der Waals surface area contributed by atoms with Crippen LogP contribution in [-0.4, -0.2) is 29.8 Å². The molecule has 2 rings (SSSR count). The van der Waals surface area contributed by atoms with Crippen LogP contribution in [0.5, 0.6) is 11.5 Å². The molecule has 0 fully saturated rings. The first-order valence-electron chi connectivity index (χ1n) is 7.45. The lowest BCUT2D eigenvalue weighted by Crippen LogP contribution is -2.27. The molecule has 0 spiro atoms. The van der Waals surface area contributed by atoms with Crippen LogP contribution in [0.1, 0.15) is 16.7 Å².